The lowest BCUT2D eigenvalue weighted by molar-refractivity contribution is -0.117. The quantitative estimate of drug-likeness (QED) is 0.813. The van der Waals surface area contributed by atoms with Crippen LogP contribution in [0.25, 0.3) is 6.08 Å². The van der Waals surface area contributed by atoms with Crippen LogP contribution in [0.2, 0.25) is 0 Å². The van der Waals surface area contributed by atoms with Crippen LogP contribution in [0.5, 0.6) is 0 Å². The van der Waals surface area contributed by atoms with Crippen LogP contribution in [-0.2, 0) is 14.8 Å². The van der Waals surface area contributed by atoms with Gasteiger partial charge in [0.1, 0.15) is 5.82 Å². The summed E-state index contributed by atoms with van der Waals surface area (Å²) in [5.41, 5.74) is 1.04. The molecule has 24 heavy (non-hydrogen) atoms. The van der Waals surface area contributed by atoms with E-state index < -0.39 is 15.8 Å². The number of benzene rings is 2. The third kappa shape index (κ3) is 4.74. The van der Waals surface area contributed by atoms with Gasteiger partial charge < -0.3 is 5.32 Å². The van der Waals surface area contributed by atoms with Crippen molar-refractivity contribution in [2.45, 2.75) is 17.9 Å². The number of rotatable bonds is 5. The van der Waals surface area contributed by atoms with Gasteiger partial charge in [0.05, 0.1) is 10.9 Å². The van der Waals surface area contributed by atoms with E-state index in [1.54, 1.807) is 37.3 Å². The summed E-state index contributed by atoms with van der Waals surface area (Å²) in [6.45, 7) is 1.75. The second-order valence-corrected chi connectivity index (χ2v) is 6.76. The number of amides is 1. The van der Waals surface area contributed by atoms with E-state index in [1.165, 1.54) is 30.4 Å². The van der Waals surface area contributed by atoms with Crippen LogP contribution in [0, 0.1) is 5.82 Å². The van der Waals surface area contributed by atoms with Gasteiger partial charge >= 0.3 is 0 Å². The smallest absolute Gasteiger partial charge is 0.244 e. The molecule has 0 aromatic heterocycles. The largest absolute Gasteiger partial charge is 0.346 e. The third-order valence-electron chi connectivity index (χ3n) is 3.39. The Morgan fingerprint density at radius 3 is 2.38 bits per heavy atom. The lowest BCUT2D eigenvalue weighted by atomic mass is 10.1. The first-order valence-corrected chi connectivity index (χ1v) is 8.68. The number of sulfonamides is 1. The van der Waals surface area contributed by atoms with E-state index in [0.717, 1.165) is 5.56 Å². The Labute approximate surface area is 140 Å². The molecule has 5 nitrogen and oxygen atoms in total. The Morgan fingerprint density at radius 2 is 1.79 bits per heavy atom. The highest BCUT2D eigenvalue weighted by atomic mass is 32.2. The number of hydrogen-bond donors (Lipinski definition) is 2. The van der Waals surface area contributed by atoms with E-state index >= 15 is 0 Å². The summed E-state index contributed by atoms with van der Waals surface area (Å²) in [6, 6.07) is 11.7. The Kier molecular flexibility index (Phi) is 5.48. The molecule has 0 aliphatic heterocycles. The van der Waals surface area contributed by atoms with E-state index in [0.29, 0.717) is 5.56 Å². The number of hydrogen-bond acceptors (Lipinski definition) is 3. The van der Waals surface area contributed by atoms with Crippen molar-refractivity contribution in [2.24, 2.45) is 5.14 Å². The molecule has 0 fully saturated rings. The monoisotopic (exact) mass is 348 g/mol. The van der Waals surface area contributed by atoms with Crippen molar-refractivity contribution in [3.63, 3.8) is 0 Å². The molecular formula is C17H17FN2O3S. The molecule has 7 heteroatoms. The van der Waals surface area contributed by atoms with Gasteiger partial charge in [0.2, 0.25) is 15.9 Å². The summed E-state index contributed by atoms with van der Waals surface area (Å²) < 4.78 is 35.9. The van der Waals surface area contributed by atoms with Crippen molar-refractivity contribution in [3.8, 4) is 0 Å². The molecule has 0 bridgehead atoms. The van der Waals surface area contributed by atoms with Crippen LogP contribution in [0.3, 0.4) is 0 Å². The molecular weight excluding hydrogens is 331 g/mol. The molecule has 2 aromatic rings. The summed E-state index contributed by atoms with van der Waals surface area (Å²) in [6.07, 6.45) is 2.63. The van der Waals surface area contributed by atoms with Crippen LogP contribution in [-0.4, -0.2) is 14.3 Å². The normalized spacial score (nSPS) is 13.0. The molecule has 0 heterocycles. The minimum Gasteiger partial charge on any atom is -0.346 e. The van der Waals surface area contributed by atoms with E-state index in [9.17, 15) is 17.6 Å². The van der Waals surface area contributed by atoms with E-state index in [-0.39, 0.29) is 16.8 Å². The Balaban J connectivity index is 2.02. The number of carbonyl (C=O) groups is 1. The lowest BCUT2D eigenvalue weighted by Crippen LogP contribution is -2.24. The van der Waals surface area contributed by atoms with Gasteiger partial charge in [-0.1, -0.05) is 30.3 Å². The van der Waals surface area contributed by atoms with Gasteiger partial charge in [0.15, 0.2) is 0 Å². The second-order valence-electron chi connectivity index (χ2n) is 5.20. The molecule has 3 N–H and O–H groups in total. The predicted octanol–water partition coefficient (Wildman–Crippen LogP) is 2.36. The minimum atomic E-state index is -3.75. The maximum Gasteiger partial charge on any atom is 0.244 e. The van der Waals surface area contributed by atoms with Crippen molar-refractivity contribution in [1.82, 2.24) is 5.32 Å². The van der Waals surface area contributed by atoms with Gasteiger partial charge in [-0.05, 0) is 36.8 Å². The van der Waals surface area contributed by atoms with Gasteiger partial charge in [-0.15, -0.1) is 0 Å². The molecule has 0 unspecified atom stereocenters. The topological polar surface area (TPSA) is 89.3 Å². The molecule has 0 aliphatic carbocycles. The molecule has 2 rings (SSSR count). The van der Waals surface area contributed by atoms with Crippen LogP contribution < -0.4 is 10.5 Å². The molecule has 1 atom stereocenters. The average Bonchev–Trinajstić information content (AvgIpc) is 2.53. The fourth-order valence-electron chi connectivity index (χ4n) is 2.07. The maximum absolute atomic E-state index is 13.5. The van der Waals surface area contributed by atoms with Gasteiger partial charge in [-0.3, -0.25) is 4.79 Å². The first-order chi connectivity index (χ1) is 11.3. The van der Waals surface area contributed by atoms with Crippen molar-refractivity contribution in [2.75, 3.05) is 0 Å². The van der Waals surface area contributed by atoms with Crippen molar-refractivity contribution in [3.05, 3.63) is 71.6 Å². The summed E-state index contributed by atoms with van der Waals surface area (Å²) >= 11 is 0. The zero-order valence-corrected chi connectivity index (χ0v) is 13.8. The molecule has 0 saturated carbocycles. The highest BCUT2D eigenvalue weighted by Gasteiger charge is 2.11. The standard InChI is InChI=1S/C17H17FN2O3S/c1-12(13-6-9-15(10-7-13)24(19,22)23)20-17(21)11-8-14-4-2-3-5-16(14)18/h2-12H,1H3,(H,20,21)(H2,19,22,23)/b11-8+/t12-/m1/s1. The predicted molar refractivity (Wildman–Crippen MR) is 89.8 cm³/mol. The first-order valence-electron chi connectivity index (χ1n) is 7.13. The lowest BCUT2D eigenvalue weighted by Gasteiger charge is -2.13. The number of primary sulfonamides is 1. The van der Waals surface area contributed by atoms with Crippen LogP contribution >= 0.6 is 0 Å². The Hall–Kier alpha value is -2.51. The van der Waals surface area contributed by atoms with Gasteiger partial charge in [0, 0.05) is 11.6 Å². The average molecular weight is 348 g/mol. The van der Waals surface area contributed by atoms with Crippen LogP contribution in [0.15, 0.2) is 59.5 Å². The number of carbonyl (C=O) groups excluding carboxylic acids is 1. The highest BCUT2D eigenvalue weighted by molar-refractivity contribution is 7.89. The number of nitrogens with one attached hydrogen (secondary N) is 1. The zero-order valence-electron chi connectivity index (χ0n) is 12.9. The summed E-state index contributed by atoms with van der Waals surface area (Å²) in [5, 5.41) is 7.75. The summed E-state index contributed by atoms with van der Waals surface area (Å²) in [4.78, 5) is 11.9. The van der Waals surface area contributed by atoms with E-state index in [4.69, 9.17) is 5.14 Å². The summed E-state index contributed by atoms with van der Waals surface area (Å²) in [5.74, 6) is -0.797. The molecule has 126 valence electrons. The van der Waals surface area contributed by atoms with Gasteiger partial charge in [0.25, 0.3) is 0 Å². The fraction of sp³-hybridized carbons (Fsp3) is 0.118. The molecule has 0 saturated heterocycles. The first kappa shape index (κ1) is 17.8. The van der Waals surface area contributed by atoms with Crippen molar-refractivity contribution >= 4 is 22.0 Å². The minimum absolute atomic E-state index is 0.00391. The fourth-order valence-corrected chi connectivity index (χ4v) is 2.58. The number of halogens is 1. The third-order valence-corrected chi connectivity index (χ3v) is 4.32. The Bertz CT molecular complexity index is 862. The SMILES string of the molecule is C[C@@H](NC(=O)/C=C/c1ccccc1F)c1ccc(S(N)(=O)=O)cc1. The maximum atomic E-state index is 13.5. The summed E-state index contributed by atoms with van der Waals surface area (Å²) in [7, 11) is -3.75. The van der Waals surface area contributed by atoms with Crippen molar-refractivity contribution < 1.29 is 17.6 Å². The Morgan fingerprint density at radius 1 is 1.17 bits per heavy atom. The van der Waals surface area contributed by atoms with E-state index in [1.807, 2.05) is 0 Å². The highest BCUT2D eigenvalue weighted by Crippen LogP contribution is 2.15. The molecule has 2 aromatic carbocycles. The molecule has 0 spiro atoms. The van der Waals surface area contributed by atoms with Gasteiger partial charge in [-0.25, -0.2) is 17.9 Å². The van der Waals surface area contributed by atoms with Gasteiger partial charge in [-0.2, -0.15) is 0 Å². The van der Waals surface area contributed by atoms with Crippen LogP contribution in [0.1, 0.15) is 24.1 Å². The number of nitrogens with two attached hydrogens (primary N) is 1. The molecule has 1 amide bonds. The van der Waals surface area contributed by atoms with E-state index in [2.05, 4.69) is 5.32 Å². The zero-order chi connectivity index (χ0) is 17.7. The molecule has 0 aliphatic rings. The van der Waals surface area contributed by atoms with Crippen LogP contribution in [0.4, 0.5) is 4.39 Å². The van der Waals surface area contributed by atoms with Crippen molar-refractivity contribution in [1.29, 1.82) is 0 Å². The molecule has 0 radical (unpaired) electrons. The second kappa shape index (κ2) is 7.37.